The largest absolute Gasteiger partial charge is 0.334 e. The van der Waals surface area contributed by atoms with Gasteiger partial charge in [-0.2, -0.15) is 9.29 Å². The van der Waals surface area contributed by atoms with Gasteiger partial charge in [-0.25, -0.2) is 8.42 Å². The Balaban J connectivity index is 1.58. The van der Waals surface area contributed by atoms with Gasteiger partial charge in [0.05, 0.1) is 4.90 Å². The van der Waals surface area contributed by atoms with Gasteiger partial charge in [-0.05, 0) is 61.4 Å². The summed E-state index contributed by atoms with van der Waals surface area (Å²) in [5, 5.41) is 4.00. The number of benzene rings is 2. The molecule has 1 fully saturated rings. The Morgan fingerprint density at radius 2 is 1.54 bits per heavy atom. The topological polar surface area (TPSA) is 76.3 Å². The van der Waals surface area contributed by atoms with Gasteiger partial charge >= 0.3 is 0 Å². The first-order valence-corrected chi connectivity index (χ1v) is 10.5. The van der Waals surface area contributed by atoms with Crippen LogP contribution >= 0.6 is 15.9 Å². The standard InChI is InChI=1S/C18H16BrN3O3S/c19-15-7-3-14(4-8-15)18-20-17(21-25-18)13-5-9-16(10-6-13)26(23,24)22-11-1-2-12-22/h3-10H,1-2,11-12H2. The maximum absolute atomic E-state index is 12.6. The van der Waals surface area contributed by atoms with E-state index < -0.39 is 10.0 Å². The minimum absolute atomic E-state index is 0.291. The van der Waals surface area contributed by atoms with Crippen LogP contribution in [0.15, 0.2) is 62.4 Å². The summed E-state index contributed by atoms with van der Waals surface area (Å²) in [7, 11) is -3.41. The Morgan fingerprint density at radius 3 is 2.19 bits per heavy atom. The van der Waals surface area contributed by atoms with Crippen molar-refractivity contribution in [3.8, 4) is 22.8 Å². The fourth-order valence-corrected chi connectivity index (χ4v) is 4.69. The zero-order valence-electron chi connectivity index (χ0n) is 13.8. The third kappa shape index (κ3) is 3.32. The van der Waals surface area contributed by atoms with Crippen molar-refractivity contribution in [2.75, 3.05) is 13.1 Å². The van der Waals surface area contributed by atoms with Gasteiger partial charge in [-0.1, -0.05) is 21.1 Å². The van der Waals surface area contributed by atoms with Crippen molar-refractivity contribution in [2.45, 2.75) is 17.7 Å². The van der Waals surface area contributed by atoms with Gasteiger partial charge in [0, 0.05) is 28.7 Å². The van der Waals surface area contributed by atoms with Gasteiger partial charge in [0.25, 0.3) is 5.89 Å². The molecule has 1 aliphatic rings. The highest BCUT2D eigenvalue weighted by molar-refractivity contribution is 9.10. The molecule has 0 unspecified atom stereocenters. The van der Waals surface area contributed by atoms with Gasteiger partial charge in [0.2, 0.25) is 15.8 Å². The highest BCUT2D eigenvalue weighted by Gasteiger charge is 2.27. The third-order valence-electron chi connectivity index (χ3n) is 4.33. The normalized spacial score (nSPS) is 15.4. The van der Waals surface area contributed by atoms with E-state index in [1.54, 1.807) is 24.3 Å². The van der Waals surface area contributed by atoms with E-state index in [1.807, 2.05) is 24.3 Å². The first-order chi connectivity index (χ1) is 12.5. The molecule has 0 spiro atoms. The third-order valence-corrected chi connectivity index (χ3v) is 6.77. The number of hydrogen-bond donors (Lipinski definition) is 0. The summed E-state index contributed by atoms with van der Waals surface area (Å²) in [6.07, 6.45) is 1.83. The number of hydrogen-bond acceptors (Lipinski definition) is 5. The number of halogens is 1. The zero-order chi connectivity index (χ0) is 18.1. The summed E-state index contributed by atoms with van der Waals surface area (Å²) in [4.78, 5) is 4.69. The molecule has 8 heteroatoms. The molecule has 0 atom stereocenters. The number of rotatable bonds is 4. The number of aromatic nitrogens is 2. The number of sulfonamides is 1. The molecule has 3 aromatic rings. The Kier molecular flexibility index (Phi) is 4.64. The molecule has 1 aromatic heterocycles. The van der Waals surface area contributed by atoms with Gasteiger partial charge in [0.1, 0.15) is 0 Å². The van der Waals surface area contributed by atoms with E-state index in [2.05, 4.69) is 26.1 Å². The van der Waals surface area contributed by atoms with Crippen molar-refractivity contribution in [2.24, 2.45) is 0 Å². The molecule has 0 aliphatic carbocycles. The SMILES string of the molecule is O=S(=O)(c1ccc(-c2noc(-c3ccc(Br)cc3)n2)cc1)N1CCCC1. The molecule has 0 saturated carbocycles. The van der Waals surface area contributed by atoms with E-state index in [-0.39, 0.29) is 0 Å². The predicted octanol–water partition coefficient (Wildman–Crippen LogP) is 3.95. The summed E-state index contributed by atoms with van der Waals surface area (Å²) < 4.78 is 33.0. The zero-order valence-corrected chi connectivity index (χ0v) is 16.2. The first-order valence-electron chi connectivity index (χ1n) is 8.24. The predicted molar refractivity (Wildman–Crippen MR) is 101 cm³/mol. The van der Waals surface area contributed by atoms with E-state index >= 15 is 0 Å². The Bertz CT molecular complexity index is 1010. The van der Waals surface area contributed by atoms with Crippen LogP contribution in [-0.4, -0.2) is 36.0 Å². The second kappa shape index (κ2) is 6.94. The highest BCUT2D eigenvalue weighted by atomic mass is 79.9. The fourth-order valence-electron chi connectivity index (χ4n) is 2.90. The molecule has 6 nitrogen and oxygen atoms in total. The van der Waals surface area contributed by atoms with Crippen LogP contribution in [0.1, 0.15) is 12.8 Å². The fraction of sp³-hybridized carbons (Fsp3) is 0.222. The molecule has 0 radical (unpaired) electrons. The van der Waals surface area contributed by atoms with Crippen LogP contribution in [0, 0.1) is 0 Å². The van der Waals surface area contributed by atoms with E-state index in [0.717, 1.165) is 22.9 Å². The van der Waals surface area contributed by atoms with Crippen molar-refractivity contribution in [1.82, 2.24) is 14.4 Å². The molecular formula is C18H16BrN3O3S. The quantitative estimate of drug-likeness (QED) is 0.622. The molecule has 4 rings (SSSR count). The number of nitrogens with zero attached hydrogens (tertiary/aromatic N) is 3. The van der Waals surface area contributed by atoms with Crippen molar-refractivity contribution in [3.63, 3.8) is 0 Å². The summed E-state index contributed by atoms with van der Waals surface area (Å²) >= 11 is 3.39. The highest BCUT2D eigenvalue weighted by Crippen LogP contribution is 2.26. The second-order valence-electron chi connectivity index (χ2n) is 6.07. The van der Waals surface area contributed by atoms with Crippen molar-refractivity contribution in [1.29, 1.82) is 0 Å². The Hall–Kier alpha value is -2.03. The molecule has 0 amide bonds. The summed E-state index contributed by atoms with van der Waals surface area (Å²) in [6.45, 7) is 1.18. The van der Waals surface area contributed by atoms with E-state index in [9.17, 15) is 8.42 Å². The van der Waals surface area contributed by atoms with Crippen LogP contribution in [0.25, 0.3) is 22.8 Å². The van der Waals surface area contributed by atoms with Crippen LogP contribution in [-0.2, 0) is 10.0 Å². The summed E-state index contributed by atoms with van der Waals surface area (Å²) in [5.74, 6) is 0.842. The van der Waals surface area contributed by atoms with Crippen LogP contribution in [0.3, 0.4) is 0 Å². The molecule has 2 aromatic carbocycles. The van der Waals surface area contributed by atoms with Crippen LogP contribution in [0.2, 0.25) is 0 Å². The molecular weight excluding hydrogens is 418 g/mol. The average Bonchev–Trinajstić information content (AvgIpc) is 3.35. The minimum atomic E-state index is -3.41. The van der Waals surface area contributed by atoms with Gasteiger partial charge in [0.15, 0.2) is 0 Å². The lowest BCUT2D eigenvalue weighted by Gasteiger charge is -2.15. The smallest absolute Gasteiger partial charge is 0.258 e. The molecule has 26 heavy (non-hydrogen) atoms. The van der Waals surface area contributed by atoms with Crippen LogP contribution in [0.5, 0.6) is 0 Å². The van der Waals surface area contributed by atoms with Crippen LogP contribution < -0.4 is 0 Å². The van der Waals surface area contributed by atoms with Gasteiger partial charge in [-0.3, -0.25) is 0 Å². The second-order valence-corrected chi connectivity index (χ2v) is 8.92. The van der Waals surface area contributed by atoms with Crippen molar-refractivity contribution >= 4 is 26.0 Å². The lowest BCUT2D eigenvalue weighted by Crippen LogP contribution is -2.27. The molecule has 0 N–H and O–H groups in total. The molecule has 2 heterocycles. The van der Waals surface area contributed by atoms with Gasteiger partial charge in [-0.15, -0.1) is 0 Å². The molecule has 1 aliphatic heterocycles. The maximum atomic E-state index is 12.6. The lowest BCUT2D eigenvalue weighted by atomic mass is 10.2. The van der Waals surface area contributed by atoms with Crippen molar-refractivity contribution in [3.05, 3.63) is 53.0 Å². The monoisotopic (exact) mass is 433 g/mol. The van der Waals surface area contributed by atoms with E-state index in [4.69, 9.17) is 4.52 Å². The van der Waals surface area contributed by atoms with Gasteiger partial charge < -0.3 is 4.52 Å². The molecule has 1 saturated heterocycles. The van der Waals surface area contributed by atoms with Crippen LogP contribution in [0.4, 0.5) is 0 Å². The minimum Gasteiger partial charge on any atom is -0.334 e. The molecule has 0 bridgehead atoms. The summed E-state index contributed by atoms with van der Waals surface area (Å²) in [6, 6.07) is 14.2. The van der Waals surface area contributed by atoms with E-state index in [1.165, 1.54) is 4.31 Å². The first kappa shape index (κ1) is 17.4. The maximum Gasteiger partial charge on any atom is 0.258 e. The lowest BCUT2D eigenvalue weighted by molar-refractivity contribution is 0.432. The summed E-state index contributed by atoms with van der Waals surface area (Å²) in [5.41, 5.74) is 1.53. The average molecular weight is 434 g/mol. The Labute approximate surface area is 160 Å². The van der Waals surface area contributed by atoms with E-state index in [0.29, 0.717) is 35.3 Å². The molecule has 134 valence electrons. The Morgan fingerprint density at radius 1 is 0.923 bits per heavy atom. The van der Waals surface area contributed by atoms with Crippen molar-refractivity contribution < 1.29 is 12.9 Å².